The van der Waals surface area contributed by atoms with E-state index in [4.69, 9.17) is 14.2 Å². The molecule has 0 aromatic carbocycles. The third kappa shape index (κ3) is 2.33. The third-order valence-electron chi connectivity index (χ3n) is 2.69. The predicted octanol–water partition coefficient (Wildman–Crippen LogP) is -0.183. The summed E-state index contributed by atoms with van der Waals surface area (Å²) in [5.41, 5.74) is -1.04. The molecule has 0 spiro atoms. The maximum absolute atomic E-state index is 11.7. The van der Waals surface area contributed by atoms with Crippen molar-refractivity contribution in [3.63, 3.8) is 0 Å². The van der Waals surface area contributed by atoms with Crippen LogP contribution in [0.25, 0.3) is 0 Å². The Hall–Kier alpha value is -1.14. The molecule has 0 saturated heterocycles. The lowest BCUT2D eigenvalue weighted by atomic mass is 9.73. The van der Waals surface area contributed by atoms with Crippen LogP contribution in [-0.2, 0) is 23.8 Å². The molecule has 0 heterocycles. The lowest BCUT2D eigenvalue weighted by molar-refractivity contribution is -0.182. The standard InChI is InChI=1S/C10H17NO5/c1-7(12)11-10(9(13)15-3)5-4-8(10)16-6-14-2/h8H,4-6H2,1-3H3,(H,11,12)/t8-,10+/m0/s1. The number of nitrogens with one attached hydrogen (secondary N) is 1. The van der Waals surface area contributed by atoms with Crippen LogP contribution in [0.5, 0.6) is 0 Å². The highest BCUT2D eigenvalue weighted by Gasteiger charge is 2.55. The van der Waals surface area contributed by atoms with E-state index >= 15 is 0 Å². The van der Waals surface area contributed by atoms with E-state index in [0.717, 1.165) is 0 Å². The molecule has 0 bridgehead atoms. The van der Waals surface area contributed by atoms with Gasteiger partial charge in [0, 0.05) is 14.0 Å². The van der Waals surface area contributed by atoms with Crippen LogP contribution in [0.2, 0.25) is 0 Å². The molecule has 0 radical (unpaired) electrons. The van der Waals surface area contributed by atoms with Gasteiger partial charge >= 0.3 is 5.97 Å². The summed E-state index contributed by atoms with van der Waals surface area (Å²) in [4.78, 5) is 22.8. The molecule has 1 amide bonds. The summed E-state index contributed by atoms with van der Waals surface area (Å²) < 4.78 is 14.8. The zero-order chi connectivity index (χ0) is 12.2. The second-order valence-electron chi connectivity index (χ2n) is 3.74. The van der Waals surface area contributed by atoms with Crippen LogP contribution in [0.1, 0.15) is 19.8 Å². The second-order valence-corrected chi connectivity index (χ2v) is 3.74. The Kier molecular flexibility index (Phi) is 4.26. The molecule has 6 heteroatoms. The van der Waals surface area contributed by atoms with E-state index in [1.54, 1.807) is 0 Å². The van der Waals surface area contributed by atoms with E-state index < -0.39 is 11.5 Å². The van der Waals surface area contributed by atoms with Crippen LogP contribution < -0.4 is 5.32 Å². The van der Waals surface area contributed by atoms with Gasteiger partial charge in [-0.3, -0.25) is 4.79 Å². The normalized spacial score (nSPS) is 28.1. The molecule has 1 aliphatic rings. The van der Waals surface area contributed by atoms with E-state index in [-0.39, 0.29) is 18.8 Å². The van der Waals surface area contributed by atoms with Gasteiger partial charge in [0.15, 0.2) is 5.54 Å². The molecule has 1 N–H and O–H groups in total. The van der Waals surface area contributed by atoms with E-state index in [1.807, 2.05) is 0 Å². The monoisotopic (exact) mass is 231 g/mol. The number of rotatable bonds is 5. The number of hydrogen-bond acceptors (Lipinski definition) is 5. The molecule has 1 aliphatic carbocycles. The van der Waals surface area contributed by atoms with Gasteiger partial charge in [0.1, 0.15) is 6.79 Å². The molecule has 0 aromatic rings. The zero-order valence-corrected chi connectivity index (χ0v) is 9.74. The minimum atomic E-state index is -1.04. The Morgan fingerprint density at radius 1 is 1.44 bits per heavy atom. The van der Waals surface area contributed by atoms with Crippen LogP contribution in [0.15, 0.2) is 0 Å². The highest BCUT2D eigenvalue weighted by atomic mass is 16.7. The number of methoxy groups -OCH3 is 2. The largest absolute Gasteiger partial charge is 0.467 e. The first-order chi connectivity index (χ1) is 7.56. The number of carbonyl (C=O) groups excluding carboxylic acids is 2. The van der Waals surface area contributed by atoms with E-state index in [1.165, 1.54) is 21.1 Å². The first kappa shape index (κ1) is 12.9. The summed E-state index contributed by atoms with van der Waals surface area (Å²) in [6.45, 7) is 1.44. The third-order valence-corrected chi connectivity index (χ3v) is 2.69. The fourth-order valence-electron chi connectivity index (χ4n) is 1.85. The fraction of sp³-hybridized carbons (Fsp3) is 0.800. The van der Waals surface area contributed by atoms with E-state index in [2.05, 4.69) is 5.32 Å². The lowest BCUT2D eigenvalue weighted by Gasteiger charge is -2.46. The fourth-order valence-corrected chi connectivity index (χ4v) is 1.85. The van der Waals surface area contributed by atoms with Crippen LogP contribution in [-0.4, -0.2) is 44.5 Å². The van der Waals surface area contributed by atoms with Crippen molar-refractivity contribution in [3.05, 3.63) is 0 Å². The van der Waals surface area contributed by atoms with E-state index in [0.29, 0.717) is 12.8 Å². The zero-order valence-electron chi connectivity index (χ0n) is 9.74. The first-order valence-electron chi connectivity index (χ1n) is 5.04. The molecular formula is C10H17NO5. The van der Waals surface area contributed by atoms with Gasteiger partial charge in [0.05, 0.1) is 13.2 Å². The summed E-state index contributed by atoms with van der Waals surface area (Å²) in [6, 6.07) is 0. The maximum Gasteiger partial charge on any atom is 0.334 e. The van der Waals surface area contributed by atoms with Crippen LogP contribution >= 0.6 is 0 Å². The van der Waals surface area contributed by atoms with Crippen molar-refractivity contribution >= 4 is 11.9 Å². The summed E-state index contributed by atoms with van der Waals surface area (Å²) in [7, 11) is 2.79. The SMILES string of the molecule is COCO[C@H]1CC[C@]1(NC(C)=O)C(=O)OC. The number of amides is 1. The topological polar surface area (TPSA) is 73.9 Å². The quantitative estimate of drug-likeness (QED) is 0.524. The average molecular weight is 231 g/mol. The van der Waals surface area contributed by atoms with Crippen molar-refractivity contribution in [2.24, 2.45) is 0 Å². The molecule has 0 aromatic heterocycles. The molecule has 1 fully saturated rings. The van der Waals surface area contributed by atoms with Crippen LogP contribution in [0.3, 0.4) is 0 Å². The highest BCUT2D eigenvalue weighted by Crippen LogP contribution is 2.36. The molecule has 6 nitrogen and oxygen atoms in total. The van der Waals surface area contributed by atoms with Gasteiger partial charge in [0.25, 0.3) is 0 Å². The Morgan fingerprint density at radius 3 is 2.50 bits per heavy atom. The Bertz CT molecular complexity index is 280. The molecule has 2 atom stereocenters. The second kappa shape index (κ2) is 5.27. The number of ether oxygens (including phenoxy) is 3. The summed E-state index contributed by atoms with van der Waals surface area (Å²) in [5, 5.41) is 2.61. The Morgan fingerprint density at radius 2 is 2.12 bits per heavy atom. The molecule has 92 valence electrons. The van der Waals surface area contributed by atoms with Crippen LogP contribution in [0.4, 0.5) is 0 Å². The summed E-state index contributed by atoms with van der Waals surface area (Å²) in [6.07, 6.45) is 0.829. The minimum Gasteiger partial charge on any atom is -0.467 e. The van der Waals surface area contributed by atoms with Gasteiger partial charge in [-0.2, -0.15) is 0 Å². The maximum atomic E-state index is 11.7. The number of hydrogen-bond donors (Lipinski definition) is 1. The predicted molar refractivity (Wildman–Crippen MR) is 54.5 cm³/mol. The minimum absolute atomic E-state index is 0.0863. The Labute approximate surface area is 94.2 Å². The van der Waals surface area contributed by atoms with Gasteiger partial charge < -0.3 is 19.5 Å². The average Bonchev–Trinajstić information content (AvgIpc) is 2.23. The van der Waals surface area contributed by atoms with Gasteiger partial charge in [-0.25, -0.2) is 4.79 Å². The molecule has 16 heavy (non-hydrogen) atoms. The molecule has 0 unspecified atom stereocenters. The number of carbonyl (C=O) groups is 2. The van der Waals surface area contributed by atoms with Crippen molar-refractivity contribution < 1.29 is 23.8 Å². The molecular weight excluding hydrogens is 214 g/mol. The van der Waals surface area contributed by atoms with Crippen LogP contribution in [0, 0.1) is 0 Å². The van der Waals surface area contributed by atoms with Crippen molar-refractivity contribution in [2.45, 2.75) is 31.4 Å². The van der Waals surface area contributed by atoms with Crippen molar-refractivity contribution in [1.82, 2.24) is 5.32 Å². The summed E-state index contributed by atoms with van der Waals surface area (Å²) >= 11 is 0. The van der Waals surface area contributed by atoms with Crippen molar-refractivity contribution in [3.8, 4) is 0 Å². The van der Waals surface area contributed by atoms with Gasteiger partial charge in [-0.05, 0) is 12.8 Å². The summed E-state index contributed by atoms with van der Waals surface area (Å²) in [5.74, 6) is -0.758. The Balaban J connectivity index is 2.71. The van der Waals surface area contributed by atoms with Gasteiger partial charge in [-0.1, -0.05) is 0 Å². The molecule has 1 rings (SSSR count). The smallest absolute Gasteiger partial charge is 0.334 e. The highest BCUT2D eigenvalue weighted by molar-refractivity contribution is 5.89. The van der Waals surface area contributed by atoms with Crippen molar-refractivity contribution in [1.29, 1.82) is 0 Å². The number of esters is 1. The van der Waals surface area contributed by atoms with Crippen molar-refractivity contribution in [2.75, 3.05) is 21.0 Å². The van der Waals surface area contributed by atoms with Gasteiger partial charge in [-0.15, -0.1) is 0 Å². The molecule has 1 saturated carbocycles. The van der Waals surface area contributed by atoms with E-state index in [9.17, 15) is 9.59 Å². The van der Waals surface area contributed by atoms with Gasteiger partial charge in [0.2, 0.25) is 5.91 Å². The first-order valence-corrected chi connectivity index (χ1v) is 5.04. The molecule has 0 aliphatic heterocycles. The lowest BCUT2D eigenvalue weighted by Crippen LogP contribution is -2.68.